The second-order valence-corrected chi connectivity index (χ2v) is 5.21. The molecule has 3 heteroatoms. The van der Waals surface area contributed by atoms with Crippen molar-refractivity contribution >= 4 is 28.2 Å². The van der Waals surface area contributed by atoms with Crippen molar-refractivity contribution in [3.8, 4) is 0 Å². The Bertz CT molecular complexity index is 576. The maximum Gasteiger partial charge on any atom is 0.0912 e. The molecule has 96 valence electrons. The molecular formula is C15H19ClN2. The lowest BCUT2D eigenvalue weighted by molar-refractivity contribution is 0.848. The minimum Gasteiger partial charge on any atom is -0.384 e. The van der Waals surface area contributed by atoms with Crippen molar-refractivity contribution in [1.29, 1.82) is 0 Å². The molecule has 0 aliphatic rings. The first kappa shape index (κ1) is 13.2. The lowest BCUT2D eigenvalue weighted by atomic mass is 9.96. The van der Waals surface area contributed by atoms with Crippen LogP contribution < -0.4 is 5.32 Å². The van der Waals surface area contributed by atoms with Crippen LogP contribution in [0.25, 0.3) is 10.9 Å². The fourth-order valence-corrected chi connectivity index (χ4v) is 2.68. The molecule has 1 aromatic heterocycles. The van der Waals surface area contributed by atoms with Crippen LogP contribution in [0.4, 0.5) is 5.69 Å². The van der Waals surface area contributed by atoms with Crippen molar-refractivity contribution in [2.75, 3.05) is 11.9 Å². The summed E-state index contributed by atoms with van der Waals surface area (Å²) in [6.07, 6.45) is 0. The van der Waals surface area contributed by atoms with Crippen LogP contribution >= 0.6 is 11.6 Å². The monoisotopic (exact) mass is 262 g/mol. The number of nitrogens with one attached hydrogen (secondary N) is 1. The second-order valence-electron chi connectivity index (χ2n) is 4.81. The highest BCUT2D eigenvalue weighted by molar-refractivity contribution is 6.35. The van der Waals surface area contributed by atoms with E-state index in [4.69, 9.17) is 11.6 Å². The summed E-state index contributed by atoms with van der Waals surface area (Å²) in [6, 6.07) is 5.95. The van der Waals surface area contributed by atoms with Crippen LogP contribution in [-0.4, -0.2) is 11.5 Å². The molecule has 0 saturated heterocycles. The Hall–Kier alpha value is -1.28. The van der Waals surface area contributed by atoms with E-state index in [0.29, 0.717) is 10.9 Å². The van der Waals surface area contributed by atoms with Gasteiger partial charge in [-0.2, -0.15) is 0 Å². The molecule has 0 unspecified atom stereocenters. The number of benzene rings is 1. The molecule has 2 rings (SSSR count). The molecule has 1 N–H and O–H groups in total. The van der Waals surface area contributed by atoms with Crippen LogP contribution in [-0.2, 0) is 0 Å². The first-order valence-corrected chi connectivity index (χ1v) is 6.76. The number of hydrogen-bond donors (Lipinski definition) is 1. The highest BCUT2D eigenvalue weighted by Crippen LogP contribution is 2.35. The zero-order valence-corrected chi connectivity index (χ0v) is 12.1. The Kier molecular flexibility index (Phi) is 3.76. The summed E-state index contributed by atoms with van der Waals surface area (Å²) in [4.78, 5) is 4.67. The third-order valence-corrected chi connectivity index (χ3v) is 3.43. The van der Waals surface area contributed by atoms with Crippen LogP contribution in [0.3, 0.4) is 0 Å². The Labute approximate surface area is 113 Å². The van der Waals surface area contributed by atoms with E-state index < -0.39 is 0 Å². The van der Waals surface area contributed by atoms with E-state index in [-0.39, 0.29) is 0 Å². The maximum atomic E-state index is 6.24. The molecule has 0 spiro atoms. The molecule has 18 heavy (non-hydrogen) atoms. The maximum absolute atomic E-state index is 6.24. The van der Waals surface area contributed by atoms with Crippen LogP contribution in [0.5, 0.6) is 0 Å². The number of para-hydroxylation sites is 1. The van der Waals surface area contributed by atoms with Crippen LogP contribution in [0.15, 0.2) is 18.2 Å². The number of pyridine rings is 1. The molecule has 0 saturated carbocycles. The van der Waals surface area contributed by atoms with Crippen LogP contribution in [0, 0.1) is 6.92 Å². The minimum absolute atomic E-state index is 0.440. The molecule has 0 fully saturated rings. The first-order chi connectivity index (χ1) is 8.56. The number of nitrogens with zero attached hydrogens (tertiary/aromatic N) is 1. The second kappa shape index (κ2) is 5.15. The van der Waals surface area contributed by atoms with Gasteiger partial charge in [0.15, 0.2) is 0 Å². The van der Waals surface area contributed by atoms with Crippen molar-refractivity contribution in [1.82, 2.24) is 4.98 Å². The van der Waals surface area contributed by atoms with E-state index in [1.165, 1.54) is 11.3 Å². The van der Waals surface area contributed by atoms with Gasteiger partial charge in [0.25, 0.3) is 0 Å². The average Bonchev–Trinajstić information content (AvgIpc) is 2.30. The van der Waals surface area contributed by atoms with E-state index in [1.54, 1.807) is 0 Å². The molecule has 0 aliphatic carbocycles. The molecule has 0 aliphatic heterocycles. The van der Waals surface area contributed by atoms with Gasteiger partial charge in [0.1, 0.15) is 0 Å². The van der Waals surface area contributed by atoms with Crippen molar-refractivity contribution in [2.45, 2.75) is 33.6 Å². The molecule has 0 radical (unpaired) electrons. The largest absolute Gasteiger partial charge is 0.384 e. The van der Waals surface area contributed by atoms with Crippen molar-refractivity contribution in [3.63, 3.8) is 0 Å². The zero-order chi connectivity index (χ0) is 13.3. The summed E-state index contributed by atoms with van der Waals surface area (Å²) in [6.45, 7) is 9.45. The van der Waals surface area contributed by atoms with Gasteiger partial charge >= 0.3 is 0 Å². The predicted octanol–water partition coefficient (Wildman–Crippen LogP) is 4.75. The number of anilines is 1. The average molecular weight is 263 g/mol. The lowest BCUT2D eigenvalue weighted by Crippen LogP contribution is -2.07. The van der Waals surface area contributed by atoms with Crippen molar-refractivity contribution in [3.05, 3.63) is 34.5 Å². The molecule has 1 heterocycles. The van der Waals surface area contributed by atoms with Crippen LogP contribution in [0.1, 0.15) is 37.9 Å². The van der Waals surface area contributed by atoms with Crippen molar-refractivity contribution < 1.29 is 0 Å². The summed E-state index contributed by atoms with van der Waals surface area (Å²) in [5.41, 5.74) is 4.41. The SMILES string of the molecule is CCNc1c(C(C)C)c(C)nc2c(Cl)cccc12. The van der Waals surface area contributed by atoms with Gasteiger partial charge in [-0.1, -0.05) is 37.6 Å². The Morgan fingerprint density at radius 2 is 2.06 bits per heavy atom. The van der Waals surface area contributed by atoms with Gasteiger partial charge in [-0.25, -0.2) is 0 Å². The number of halogens is 1. The first-order valence-electron chi connectivity index (χ1n) is 6.38. The van der Waals surface area contributed by atoms with Gasteiger partial charge < -0.3 is 5.32 Å². The molecule has 0 bridgehead atoms. The number of rotatable bonds is 3. The van der Waals surface area contributed by atoms with E-state index in [0.717, 1.165) is 23.1 Å². The summed E-state index contributed by atoms with van der Waals surface area (Å²) < 4.78 is 0. The number of hydrogen-bond acceptors (Lipinski definition) is 2. The number of aromatic nitrogens is 1. The molecule has 2 aromatic rings. The normalized spacial score (nSPS) is 11.2. The predicted molar refractivity (Wildman–Crippen MR) is 79.7 cm³/mol. The Morgan fingerprint density at radius 1 is 1.33 bits per heavy atom. The number of fused-ring (bicyclic) bond motifs is 1. The van der Waals surface area contributed by atoms with Gasteiger partial charge in [0.2, 0.25) is 0 Å². The summed E-state index contributed by atoms with van der Waals surface area (Å²) >= 11 is 6.24. The fraction of sp³-hybridized carbons (Fsp3) is 0.400. The zero-order valence-electron chi connectivity index (χ0n) is 11.3. The van der Waals surface area contributed by atoms with E-state index in [2.05, 4.69) is 44.1 Å². The van der Waals surface area contributed by atoms with E-state index in [9.17, 15) is 0 Å². The highest BCUT2D eigenvalue weighted by Gasteiger charge is 2.15. The topological polar surface area (TPSA) is 24.9 Å². The standard InChI is InChI=1S/C15H19ClN2/c1-5-17-15-11-7-6-8-12(16)14(11)18-10(4)13(15)9(2)3/h6-9H,5H2,1-4H3,(H,17,18). The van der Waals surface area contributed by atoms with Crippen LogP contribution in [0.2, 0.25) is 5.02 Å². The fourth-order valence-electron chi connectivity index (χ4n) is 2.46. The Morgan fingerprint density at radius 3 is 2.67 bits per heavy atom. The third-order valence-electron chi connectivity index (χ3n) is 3.13. The molecule has 0 atom stereocenters. The Balaban J connectivity index is 2.85. The minimum atomic E-state index is 0.440. The van der Waals surface area contributed by atoms with Gasteiger partial charge in [-0.15, -0.1) is 0 Å². The lowest BCUT2D eigenvalue weighted by Gasteiger charge is -2.19. The van der Waals surface area contributed by atoms with Gasteiger partial charge in [-0.05, 0) is 31.4 Å². The summed E-state index contributed by atoms with van der Waals surface area (Å²) in [7, 11) is 0. The quantitative estimate of drug-likeness (QED) is 0.863. The van der Waals surface area contributed by atoms with Gasteiger partial charge in [0, 0.05) is 23.3 Å². The van der Waals surface area contributed by atoms with E-state index in [1.807, 2.05) is 12.1 Å². The highest BCUT2D eigenvalue weighted by atomic mass is 35.5. The van der Waals surface area contributed by atoms with Gasteiger partial charge in [-0.3, -0.25) is 4.98 Å². The summed E-state index contributed by atoms with van der Waals surface area (Å²) in [5.74, 6) is 0.440. The summed E-state index contributed by atoms with van der Waals surface area (Å²) in [5, 5.41) is 5.29. The molecular weight excluding hydrogens is 244 g/mol. The van der Waals surface area contributed by atoms with Crippen molar-refractivity contribution in [2.24, 2.45) is 0 Å². The molecule has 0 amide bonds. The molecule has 2 nitrogen and oxygen atoms in total. The number of aryl methyl sites for hydroxylation is 1. The van der Waals surface area contributed by atoms with E-state index >= 15 is 0 Å². The van der Waals surface area contributed by atoms with Gasteiger partial charge in [0.05, 0.1) is 10.5 Å². The molecule has 1 aromatic carbocycles. The smallest absolute Gasteiger partial charge is 0.0912 e. The third kappa shape index (κ3) is 2.17.